The number of benzene rings is 1. The Morgan fingerprint density at radius 2 is 1.70 bits per heavy atom. The number of rotatable bonds is 3. The van der Waals surface area contributed by atoms with E-state index in [0.717, 1.165) is 57.7 Å². The smallest absolute Gasteiger partial charge is 0.233 e. The third-order valence-electron chi connectivity index (χ3n) is 5.76. The highest BCUT2D eigenvalue weighted by Crippen LogP contribution is 2.50. The first-order valence-corrected chi connectivity index (χ1v) is 8.56. The van der Waals surface area contributed by atoms with Crippen molar-refractivity contribution in [2.75, 3.05) is 46.3 Å². The zero-order chi connectivity index (χ0) is 16.0. The molecule has 23 heavy (non-hydrogen) atoms. The second-order valence-electron chi connectivity index (χ2n) is 7.29. The average molecular weight is 317 g/mol. The molecule has 124 valence electrons. The molecule has 1 aromatic rings. The molecule has 0 spiro atoms. The largest absolute Gasteiger partial charge is 0.339 e. The quantitative estimate of drug-likeness (QED) is 0.841. The minimum atomic E-state index is -0.360. The standard InChI is InChI=1S/C18H24FN3O/c1-20-8-10-21(11-9-20)16-12-22(13-16)17(23)18(6-7-18)14-2-4-15(19)5-3-14/h2-5,16H,6-13H2,1H3. The van der Waals surface area contributed by atoms with Gasteiger partial charge in [0.1, 0.15) is 5.82 Å². The predicted molar refractivity (Wildman–Crippen MR) is 86.8 cm³/mol. The summed E-state index contributed by atoms with van der Waals surface area (Å²) >= 11 is 0. The Kier molecular flexibility index (Phi) is 3.65. The molecule has 4 rings (SSSR count). The van der Waals surface area contributed by atoms with Crippen molar-refractivity contribution in [1.29, 1.82) is 0 Å². The molecule has 1 saturated carbocycles. The van der Waals surface area contributed by atoms with Gasteiger partial charge in [-0.3, -0.25) is 9.69 Å². The van der Waals surface area contributed by atoms with E-state index in [9.17, 15) is 9.18 Å². The summed E-state index contributed by atoms with van der Waals surface area (Å²) < 4.78 is 13.1. The maximum Gasteiger partial charge on any atom is 0.233 e. The molecule has 1 amide bonds. The van der Waals surface area contributed by atoms with Gasteiger partial charge in [0, 0.05) is 45.3 Å². The van der Waals surface area contributed by atoms with Gasteiger partial charge in [0.2, 0.25) is 5.91 Å². The van der Waals surface area contributed by atoms with Gasteiger partial charge >= 0.3 is 0 Å². The van der Waals surface area contributed by atoms with Crippen LogP contribution in [0.3, 0.4) is 0 Å². The van der Waals surface area contributed by atoms with Gasteiger partial charge in [-0.2, -0.15) is 0 Å². The van der Waals surface area contributed by atoms with E-state index in [2.05, 4.69) is 16.8 Å². The van der Waals surface area contributed by atoms with E-state index < -0.39 is 0 Å². The van der Waals surface area contributed by atoms with E-state index in [1.54, 1.807) is 12.1 Å². The molecule has 0 aromatic heterocycles. The van der Waals surface area contributed by atoms with Crippen LogP contribution < -0.4 is 0 Å². The molecule has 0 atom stereocenters. The normalized spacial score (nSPS) is 25.2. The van der Waals surface area contributed by atoms with Crippen molar-refractivity contribution < 1.29 is 9.18 Å². The Morgan fingerprint density at radius 3 is 2.26 bits per heavy atom. The van der Waals surface area contributed by atoms with Gasteiger partial charge < -0.3 is 9.80 Å². The maximum atomic E-state index is 13.1. The summed E-state index contributed by atoms with van der Waals surface area (Å²) in [6.07, 6.45) is 1.79. The molecule has 3 fully saturated rings. The van der Waals surface area contributed by atoms with Gasteiger partial charge in [-0.25, -0.2) is 4.39 Å². The number of halogens is 1. The molecule has 2 aliphatic heterocycles. The van der Waals surface area contributed by atoms with Crippen LogP contribution in [-0.2, 0) is 10.2 Å². The summed E-state index contributed by atoms with van der Waals surface area (Å²) in [7, 11) is 2.16. The Balaban J connectivity index is 1.37. The first-order chi connectivity index (χ1) is 11.1. The Morgan fingerprint density at radius 1 is 1.09 bits per heavy atom. The van der Waals surface area contributed by atoms with Crippen molar-refractivity contribution in [1.82, 2.24) is 14.7 Å². The van der Waals surface area contributed by atoms with Crippen LogP contribution >= 0.6 is 0 Å². The zero-order valence-electron chi connectivity index (χ0n) is 13.7. The number of hydrogen-bond donors (Lipinski definition) is 0. The lowest BCUT2D eigenvalue weighted by Crippen LogP contribution is -2.65. The van der Waals surface area contributed by atoms with Crippen molar-refractivity contribution >= 4 is 5.91 Å². The van der Waals surface area contributed by atoms with Crippen molar-refractivity contribution in [3.05, 3.63) is 35.6 Å². The van der Waals surface area contributed by atoms with Gasteiger partial charge in [0.25, 0.3) is 0 Å². The number of likely N-dealkylation sites (N-methyl/N-ethyl adjacent to an activating group) is 1. The minimum absolute atomic E-state index is 0.240. The fraction of sp³-hybridized carbons (Fsp3) is 0.611. The number of likely N-dealkylation sites (tertiary alicyclic amines) is 1. The molecule has 3 aliphatic rings. The molecule has 1 aromatic carbocycles. The molecule has 4 nitrogen and oxygen atoms in total. The lowest BCUT2D eigenvalue weighted by Gasteiger charge is -2.48. The van der Waals surface area contributed by atoms with Gasteiger partial charge in [-0.05, 0) is 37.6 Å². The summed E-state index contributed by atoms with van der Waals surface area (Å²) in [5, 5.41) is 0. The van der Waals surface area contributed by atoms with Crippen molar-refractivity contribution in [3.8, 4) is 0 Å². The summed E-state index contributed by atoms with van der Waals surface area (Å²) in [5.74, 6) is 0.00515. The highest BCUT2D eigenvalue weighted by Gasteiger charge is 2.55. The fourth-order valence-corrected chi connectivity index (χ4v) is 3.86. The second kappa shape index (κ2) is 5.56. The van der Waals surface area contributed by atoms with Gasteiger partial charge in [0.15, 0.2) is 0 Å². The van der Waals surface area contributed by atoms with Crippen molar-refractivity contribution in [3.63, 3.8) is 0 Å². The Labute approximate surface area is 136 Å². The van der Waals surface area contributed by atoms with Crippen LogP contribution in [0.15, 0.2) is 24.3 Å². The summed E-state index contributed by atoms with van der Waals surface area (Å²) in [6.45, 7) is 6.14. The van der Waals surface area contributed by atoms with Gasteiger partial charge in [-0.15, -0.1) is 0 Å². The topological polar surface area (TPSA) is 26.8 Å². The molecule has 0 N–H and O–H groups in total. The molecule has 2 heterocycles. The molecular weight excluding hydrogens is 293 g/mol. The lowest BCUT2D eigenvalue weighted by molar-refractivity contribution is -0.142. The van der Waals surface area contributed by atoms with E-state index in [1.165, 1.54) is 12.1 Å². The van der Waals surface area contributed by atoms with E-state index >= 15 is 0 Å². The maximum absolute atomic E-state index is 13.1. The number of nitrogens with zero attached hydrogens (tertiary/aromatic N) is 3. The Bertz CT molecular complexity index is 585. The zero-order valence-corrected chi connectivity index (χ0v) is 13.7. The van der Waals surface area contributed by atoms with Crippen LogP contribution in [0.1, 0.15) is 18.4 Å². The number of amides is 1. The monoisotopic (exact) mass is 317 g/mol. The summed E-state index contributed by atoms with van der Waals surface area (Å²) in [4.78, 5) is 19.7. The van der Waals surface area contributed by atoms with Crippen molar-refractivity contribution in [2.24, 2.45) is 0 Å². The molecule has 0 radical (unpaired) electrons. The van der Waals surface area contributed by atoms with E-state index in [0.29, 0.717) is 6.04 Å². The van der Waals surface area contributed by atoms with Crippen LogP contribution in [-0.4, -0.2) is 73.0 Å². The van der Waals surface area contributed by atoms with Crippen molar-refractivity contribution in [2.45, 2.75) is 24.3 Å². The first kappa shape index (κ1) is 15.1. The third kappa shape index (κ3) is 2.66. The summed E-state index contributed by atoms with van der Waals surface area (Å²) in [6, 6.07) is 7.00. The SMILES string of the molecule is CN1CCN(C2CN(C(=O)C3(c4ccc(F)cc4)CC3)C2)CC1. The second-order valence-corrected chi connectivity index (χ2v) is 7.29. The van der Waals surface area contributed by atoms with E-state index in [-0.39, 0.29) is 17.1 Å². The van der Waals surface area contributed by atoms with E-state index in [1.807, 2.05) is 4.90 Å². The van der Waals surface area contributed by atoms with Gasteiger partial charge in [0.05, 0.1) is 5.41 Å². The molecule has 1 aliphatic carbocycles. The highest BCUT2D eigenvalue weighted by atomic mass is 19.1. The third-order valence-corrected chi connectivity index (χ3v) is 5.76. The number of carbonyl (C=O) groups is 1. The highest BCUT2D eigenvalue weighted by molar-refractivity contribution is 5.92. The molecular formula is C18H24FN3O. The Hall–Kier alpha value is -1.46. The van der Waals surface area contributed by atoms with Crippen LogP contribution in [0.25, 0.3) is 0 Å². The minimum Gasteiger partial charge on any atom is -0.339 e. The number of piperazine rings is 1. The molecule has 0 bridgehead atoms. The van der Waals surface area contributed by atoms with Crippen LogP contribution in [0.5, 0.6) is 0 Å². The summed E-state index contributed by atoms with van der Waals surface area (Å²) in [5.41, 5.74) is 0.618. The fourth-order valence-electron chi connectivity index (χ4n) is 3.86. The number of carbonyl (C=O) groups excluding carboxylic acids is 1. The average Bonchev–Trinajstić information content (AvgIpc) is 3.30. The molecule has 0 unspecified atom stereocenters. The number of hydrogen-bond acceptors (Lipinski definition) is 3. The molecule has 2 saturated heterocycles. The lowest BCUT2D eigenvalue weighted by atomic mass is 9.92. The first-order valence-electron chi connectivity index (χ1n) is 8.56. The van der Waals surface area contributed by atoms with E-state index in [4.69, 9.17) is 0 Å². The van der Waals surface area contributed by atoms with Gasteiger partial charge in [-0.1, -0.05) is 12.1 Å². The van der Waals surface area contributed by atoms with Crippen LogP contribution in [0.4, 0.5) is 4.39 Å². The van der Waals surface area contributed by atoms with Crippen LogP contribution in [0.2, 0.25) is 0 Å². The molecule has 5 heteroatoms. The van der Waals surface area contributed by atoms with Crippen LogP contribution in [0, 0.1) is 5.82 Å². The predicted octanol–water partition coefficient (Wildman–Crippen LogP) is 1.32.